The van der Waals surface area contributed by atoms with E-state index in [1.54, 1.807) is 0 Å². The lowest BCUT2D eigenvalue weighted by Crippen LogP contribution is -2.43. The summed E-state index contributed by atoms with van der Waals surface area (Å²) in [6, 6.07) is 6.32. The molecule has 1 aromatic rings. The van der Waals surface area contributed by atoms with Crippen LogP contribution in [-0.4, -0.2) is 6.61 Å². The van der Waals surface area contributed by atoms with E-state index in [1.165, 1.54) is 31.2 Å². The summed E-state index contributed by atoms with van der Waals surface area (Å²) in [6.07, 6.45) is 7.45. The average molecular weight is 310 g/mol. The Labute approximate surface area is 117 Å². The number of halogens is 1. The van der Waals surface area contributed by atoms with Crippen LogP contribution in [0, 0.1) is 5.92 Å². The molecule has 0 radical (unpaired) electrons. The van der Waals surface area contributed by atoms with Gasteiger partial charge in [0.1, 0.15) is 5.75 Å². The molecule has 2 saturated carbocycles. The molecule has 98 valence electrons. The van der Waals surface area contributed by atoms with E-state index >= 15 is 0 Å². The Bertz CT molecular complexity index is 438. The fourth-order valence-electron chi connectivity index (χ4n) is 2.64. The molecular formula is C15H20BrNO. The van der Waals surface area contributed by atoms with Crippen molar-refractivity contribution in [1.82, 2.24) is 0 Å². The number of nitrogens with two attached hydrogens (primary N) is 1. The number of ether oxygens (including phenoxy) is 1. The molecule has 0 heterocycles. The van der Waals surface area contributed by atoms with Crippen LogP contribution in [0.4, 0.5) is 0 Å². The van der Waals surface area contributed by atoms with Crippen LogP contribution in [0.3, 0.4) is 0 Å². The Balaban J connectivity index is 1.68. The molecule has 2 fully saturated rings. The molecule has 0 aromatic heterocycles. The minimum Gasteiger partial charge on any atom is -0.492 e. The van der Waals surface area contributed by atoms with Gasteiger partial charge < -0.3 is 10.5 Å². The molecule has 2 nitrogen and oxygen atoms in total. The van der Waals surface area contributed by atoms with Crippen molar-refractivity contribution in [2.24, 2.45) is 11.7 Å². The van der Waals surface area contributed by atoms with Gasteiger partial charge in [-0.05, 0) is 71.6 Å². The van der Waals surface area contributed by atoms with E-state index < -0.39 is 0 Å². The molecule has 0 bridgehead atoms. The van der Waals surface area contributed by atoms with Gasteiger partial charge in [0.05, 0.1) is 11.1 Å². The third-order valence-corrected chi connectivity index (χ3v) is 5.07. The van der Waals surface area contributed by atoms with E-state index in [-0.39, 0.29) is 5.54 Å². The monoisotopic (exact) mass is 309 g/mol. The molecule has 2 N–H and O–H groups in total. The van der Waals surface area contributed by atoms with Crippen molar-refractivity contribution in [3.05, 3.63) is 28.2 Å². The van der Waals surface area contributed by atoms with Gasteiger partial charge >= 0.3 is 0 Å². The van der Waals surface area contributed by atoms with E-state index in [4.69, 9.17) is 10.5 Å². The summed E-state index contributed by atoms with van der Waals surface area (Å²) in [4.78, 5) is 0. The molecule has 18 heavy (non-hydrogen) atoms. The van der Waals surface area contributed by atoms with Gasteiger partial charge in [-0.25, -0.2) is 0 Å². The van der Waals surface area contributed by atoms with Gasteiger partial charge in [-0.1, -0.05) is 12.5 Å². The SMILES string of the molecule is NC1(c2ccc(OCC3CCC3)c(Br)c2)CCC1. The number of hydrogen-bond acceptors (Lipinski definition) is 2. The van der Waals surface area contributed by atoms with Gasteiger partial charge in [0, 0.05) is 5.54 Å². The lowest BCUT2D eigenvalue weighted by atomic mass is 9.73. The maximum atomic E-state index is 6.33. The summed E-state index contributed by atoms with van der Waals surface area (Å²) < 4.78 is 6.91. The number of rotatable bonds is 4. The van der Waals surface area contributed by atoms with Crippen LogP contribution >= 0.6 is 15.9 Å². The Morgan fingerprint density at radius 2 is 2.06 bits per heavy atom. The van der Waals surface area contributed by atoms with Crippen LogP contribution in [0.15, 0.2) is 22.7 Å². The van der Waals surface area contributed by atoms with Gasteiger partial charge in [0.2, 0.25) is 0 Å². The fourth-order valence-corrected chi connectivity index (χ4v) is 3.13. The molecule has 0 atom stereocenters. The number of hydrogen-bond donors (Lipinski definition) is 1. The molecule has 1 aromatic carbocycles. The van der Waals surface area contributed by atoms with Crippen LogP contribution in [0.1, 0.15) is 44.1 Å². The van der Waals surface area contributed by atoms with Crippen LogP contribution in [0.5, 0.6) is 5.75 Å². The summed E-state index contributed by atoms with van der Waals surface area (Å²) in [7, 11) is 0. The van der Waals surface area contributed by atoms with E-state index in [0.717, 1.165) is 35.6 Å². The van der Waals surface area contributed by atoms with E-state index in [9.17, 15) is 0 Å². The van der Waals surface area contributed by atoms with Crippen LogP contribution in [0.25, 0.3) is 0 Å². The second-order valence-electron chi connectivity index (χ2n) is 5.76. The first-order chi connectivity index (χ1) is 8.67. The highest BCUT2D eigenvalue weighted by atomic mass is 79.9. The second kappa shape index (κ2) is 4.86. The molecule has 2 aliphatic carbocycles. The molecule has 0 amide bonds. The van der Waals surface area contributed by atoms with Crippen molar-refractivity contribution >= 4 is 15.9 Å². The zero-order chi connectivity index (χ0) is 12.6. The molecule has 0 spiro atoms. The maximum Gasteiger partial charge on any atom is 0.133 e. The van der Waals surface area contributed by atoms with Crippen molar-refractivity contribution in [1.29, 1.82) is 0 Å². The summed E-state index contributed by atoms with van der Waals surface area (Å²) in [5.74, 6) is 1.72. The van der Waals surface area contributed by atoms with Gasteiger partial charge in [-0.15, -0.1) is 0 Å². The zero-order valence-corrected chi connectivity index (χ0v) is 12.2. The maximum absolute atomic E-state index is 6.33. The van der Waals surface area contributed by atoms with Crippen molar-refractivity contribution < 1.29 is 4.74 Å². The first-order valence-electron chi connectivity index (χ1n) is 6.89. The third-order valence-electron chi connectivity index (χ3n) is 4.45. The lowest BCUT2D eigenvalue weighted by Gasteiger charge is -2.38. The van der Waals surface area contributed by atoms with Gasteiger partial charge in [0.25, 0.3) is 0 Å². The van der Waals surface area contributed by atoms with Crippen molar-refractivity contribution in [2.45, 2.75) is 44.1 Å². The summed E-state index contributed by atoms with van der Waals surface area (Å²) >= 11 is 3.60. The number of benzene rings is 1. The molecule has 3 rings (SSSR count). The Hall–Kier alpha value is -0.540. The van der Waals surface area contributed by atoms with Crippen molar-refractivity contribution in [2.75, 3.05) is 6.61 Å². The molecular weight excluding hydrogens is 290 g/mol. The Morgan fingerprint density at radius 1 is 1.28 bits per heavy atom. The van der Waals surface area contributed by atoms with Crippen molar-refractivity contribution in [3.8, 4) is 5.75 Å². The summed E-state index contributed by atoms with van der Waals surface area (Å²) in [5, 5.41) is 0. The molecule has 2 aliphatic rings. The highest BCUT2D eigenvalue weighted by molar-refractivity contribution is 9.10. The lowest BCUT2D eigenvalue weighted by molar-refractivity contribution is 0.179. The van der Waals surface area contributed by atoms with Crippen LogP contribution in [0.2, 0.25) is 0 Å². The fraction of sp³-hybridized carbons (Fsp3) is 0.600. The van der Waals surface area contributed by atoms with Gasteiger partial charge in [0.15, 0.2) is 0 Å². The van der Waals surface area contributed by atoms with Crippen LogP contribution in [-0.2, 0) is 5.54 Å². The normalized spacial score (nSPS) is 22.1. The van der Waals surface area contributed by atoms with Gasteiger partial charge in [-0.3, -0.25) is 0 Å². The highest BCUT2D eigenvalue weighted by Crippen LogP contribution is 2.41. The van der Waals surface area contributed by atoms with E-state index in [0.29, 0.717) is 0 Å². The third kappa shape index (κ3) is 2.30. The van der Waals surface area contributed by atoms with E-state index in [1.807, 2.05) is 0 Å². The summed E-state index contributed by atoms with van der Waals surface area (Å²) in [6.45, 7) is 0.853. The molecule has 0 saturated heterocycles. The van der Waals surface area contributed by atoms with Crippen molar-refractivity contribution in [3.63, 3.8) is 0 Å². The first-order valence-corrected chi connectivity index (χ1v) is 7.68. The van der Waals surface area contributed by atoms with Gasteiger partial charge in [-0.2, -0.15) is 0 Å². The van der Waals surface area contributed by atoms with Crippen LogP contribution < -0.4 is 10.5 Å². The largest absolute Gasteiger partial charge is 0.492 e. The first kappa shape index (κ1) is 12.5. The molecule has 3 heteroatoms. The highest BCUT2D eigenvalue weighted by Gasteiger charge is 2.34. The molecule has 0 aliphatic heterocycles. The predicted molar refractivity (Wildman–Crippen MR) is 76.7 cm³/mol. The Morgan fingerprint density at radius 3 is 2.56 bits per heavy atom. The topological polar surface area (TPSA) is 35.2 Å². The summed E-state index contributed by atoms with van der Waals surface area (Å²) in [5.41, 5.74) is 7.48. The molecule has 0 unspecified atom stereocenters. The smallest absolute Gasteiger partial charge is 0.133 e. The second-order valence-corrected chi connectivity index (χ2v) is 6.62. The minimum atomic E-state index is -0.0883. The van der Waals surface area contributed by atoms with E-state index in [2.05, 4.69) is 34.1 Å². The minimum absolute atomic E-state index is 0.0883. The zero-order valence-electron chi connectivity index (χ0n) is 10.6. The average Bonchev–Trinajstić information content (AvgIpc) is 2.26. The quantitative estimate of drug-likeness (QED) is 0.913. The predicted octanol–water partition coefficient (Wildman–Crippen LogP) is 3.97. The Kier molecular flexibility index (Phi) is 3.37. The standard InChI is InChI=1S/C15H20BrNO/c16-13-9-12(15(17)7-2-8-15)5-6-14(13)18-10-11-3-1-4-11/h5-6,9,11H,1-4,7-8,10,17H2.